The molecule has 0 aliphatic heterocycles. The second kappa shape index (κ2) is 5.34. The molecule has 2 N–H and O–H groups in total. The van der Waals surface area contributed by atoms with E-state index in [2.05, 4.69) is 5.32 Å². The normalized spacial score (nSPS) is 11.1. The molecule has 0 bridgehead atoms. The molecule has 2 aromatic rings. The SMILES string of the molecule is CS(=O)(=O)c1cccc(C(=O)Nc2ccc(O)cc2)c1. The van der Waals surface area contributed by atoms with Crippen LogP contribution >= 0.6 is 0 Å². The minimum atomic E-state index is -3.35. The summed E-state index contributed by atoms with van der Waals surface area (Å²) in [6.07, 6.45) is 1.09. The molecule has 0 unspecified atom stereocenters. The third-order valence-corrected chi connectivity index (χ3v) is 3.76. The summed E-state index contributed by atoms with van der Waals surface area (Å²) in [6, 6.07) is 11.8. The molecule has 5 nitrogen and oxygen atoms in total. The molecule has 0 heterocycles. The van der Waals surface area contributed by atoms with Crippen LogP contribution in [0.3, 0.4) is 0 Å². The Morgan fingerprint density at radius 2 is 1.75 bits per heavy atom. The number of anilines is 1. The number of rotatable bonds is 3. The quantitative estimate of drug-likeness (QED) is 0.848. The van der Waals surface area contributed by atoms with E-state index in [1.807, 2.05) is 0 Å². The summed E-state index contributed by atoms with van der Waals surface area (Å²) < 4.78 is 22.9. The van der Waals surface area contributed by atoms with Crippen LogP contribution in [0.15, 0.2) is 53.4 Å². The first-order valence-corrected chi connectivity index (χ1v) is 7.66. The predicted octanol–water partition coefficient (Wildman–Crippen LogP) is 2.05. The van der Waals surface area contributed by atoms with E-state index in [0.29, 0.717) is 5.69 Å². The lowest BCUT2D eigenvalue weighted by molar-refractivity contribution is 0.102. The standard InChI is InChI=1S/C14H13NO4S/c1-20(18,19)13-4-2-3-10(9-13)14(17)15-11-5-7-12(16)8-6-11/h2-9,16H,1H3,(H,15,17). The van der Waals surface area contributed by atoms with E-state index < -0.39 is 15.7 Å². The number of sulfone groups is 1. The van der Waals surface area contributed by atoms with Gasteiger partial charge in [-0.1, -0.05) is 6.07 Å². The van der Waals surface area contributed by atoms with Crippen LogP contribution in [0.2, 0.25) is 0 Å². The highest BCUT2D eigenvalue weighted by atomic mass is 32.2. The van der Waals surface area contributed by atoms with Gasteiger partial charge >= 0.3 is 0 Å². The predicted molar refractivity (Wildman–Crippen MR) is 75.6 cm³/mol. The van der Waals surface area contributed by atoms with Crippen molar-refractivity contribution in [3.05, 3.63) is 54.1 Å². The Morgan fingerprint density at radius 3 is 2.35 bits per heavy atom. The number of phenolic OH excluding ortho intramolecular Hbond substituents is 1. The molecule has 0 fully saturated rings. The first-order valence-electron chi connectivity index (χ1n) is 5.77. The van der Waals surface area contributed by atoms with Gasteiger partial charge in [0.2, 0.25) is 0 Å². The summed E-state index contributed by atoms with van der Waals surface area (Å²) in [5.41, 5.74) is 0.763. The number of carbonyl (C=O) groups excluding carboxylic acids is 1. The molecule has 0 aromatic heterocycles. The van der Waals surface area contributed by atoms with Crippen LogP contribution in [-0.4, -0.2) is 25.7 Å². The smallest absolute Gasteiger partial charge is 0.255 e. The molecule has 0 atom stereocenters. The topological polar surface area (TPSA) is 83.5 Å². The van der Waals surface area contributed by atoms with Gasteiger partial charge in [0, 0.05) is 17.5 Å². The maximum Gasteiger partial charge on any atom is 0.255 e. The molecule has 6 heteroatoms. The molecular formula is C14H13NO4S. The van der Waals surface area contributed by atoms with Crippen LogP contribution in [0.25, 0.3) is 0 Å². The molecule has 0 radical (unpaired) electrons. The molecular weight excluding hydrogens is 278 g/mol. The van der Waals surface area contributed by atoms with E-state index in [1.165, 1.54) is 36.4 Å². The lowest BCUT2D eigenvalue weighted by Crippen LogP contribution is -2.12. The van der Waals surface area contributed by atoms with Gasteiger partial charge in [-0.15, -0.1) is 0 Å². The van der Waals surface area contributed by atoms with E-state index in [9.17, 15) is 13.2 Å². The molecule has 0 saturated carbocycles. The zero-order valence-corrected chi connectivity index (χ0v) is 11.5. The fraction of sp³-hybridized carbons (Fsp3) is 0.0714. The van der Waals surface area contributed by atoms with Gasteiger partial charge in [0.05, 0.1) is 4.90 Å². The van der Waals surface area contributed by atoms with Crippen LogP contribution in [0.4, 0.5) is 5.69 Å². The summed E-state index contributed by atoms with van der Waals surface area (Å²) in [4.78, 5) is 12.1. The zero-order chi connectivity index (χ0) is 14.8. The van der Waals surface area contributed by atoms with E-state index in [4.69, 9.17) is 5.11 Å². The van der Waals surface area contributed by atoms with Crippen molar-refractivity contribution in [1.82, 2.24) is 0 Å². The first-order chi connectivity index (χ1) is 9.36. The van der Waals surface area contributed by atoms with Gasteiger partial charge in [0.25, 0.3) is 5.91 Å². The van der Waals surface area contributed by atoms with Crippen LogP contribution in [0.5, 0.6) is 5.75 Å². The van der Waals surface area contributed by atoms with E-state index in [0.717, 1.165) is 6.26 Å². The van der Waals surface area contributed by atoms with E-state index in [1.54, 1.807) is 12.1 Å². The number of aromatic hydroxyl groups is 1. The number of hydrogen-bond donors (Lipinski definition) is 2. The molecule has 0 aliphatic carbocycles. The molecule has 1 amide bonds. The average Bonchev–Trinajstić information content (AvgIpc) is 2.40. The third-order valence-electron chi connectivity index (χ3n) is 2.65. The summed E-state index contributed by atoms with van der Waals surface area (Å²) in [5.74, 6) is -0.316. The fourth-order valence-electron chi connectivity index (χ4n) is 1.62. The van der Waals surface area contributed by atoms with Crippen LogP contribution in [-0.2, 0) is 9.84 Å². The minimum absolute atomic E-state index is 0.0934. The Labute approximate surface area is 116 Å². The number of carbonyl (C=O) groups is 1. The maximum absolute atomic E-state index is 12.0. The Morgan fingerprint density at radius 1 is 1.10 bits per heavy atom. The number of amides is 1. The summed E-state index contributed by atoms with van der Waals surface area (Å²) in [7, 11) is -3.35. The van der Waals surface area contributed by atoms with Crippen molar-refractivity contribution in [1.29, 1.82) is 0 Å². The highest BCUT2D eigenvalue weighted by molar-refractivity contribution is 7.90. The van der Waals surface area contributed by atoms with Gasteiger partial charge in [-0.3, -0.25) is 4.79 Å². The molecule has 0 spiro atoms. The van der Waals surface area contributed by atoms with Crippen LogP contribution < -0.4 is 5.32 Å². The maximum atomic E-state index is 12.0. The molecule has 2 rings (SSSR count). The van der Waals surface area contributed by atoms with Crippen molar-refractivity contribution in [2.45, 2.75) is 4.90 Å². The molecule has 2 aromatic carbocycles. The summed E-state index contributed by atoms with van der Waals surface area (Å²) in [5, 5.41) is 11.8. The van der Waals surface area contributed by atoms with Crippen molar-refractivity contribution < 1.29 is 18.3 Å². The summed E-state index contributed by atoms with van der Waals surface area (Å²) >= 11 is 0. The lowest BCUT2D eigenvalue weighted by Gasteiger charge is -2.06. The number of hydrogen-bond acceptors (Lipinski definition) is 4. The zero-order valence-electron chi connectivity index (χ0n) is 10.7. The first kappa shape index (κ1) is 14.1. The van der Waals surface area contributed by atoms with Crippen LogP contribution in [0, 0.1) is 0 Å². The van der Waals surface area contributed by atoms with Crippen molar-refractivity contribution in [2.24, 2.45) is 0 Å². The Hall–Kier alpha value is -2.34. The van der Waals surface area contributed by atoms with E-state index >= 15 is 0 Å². The van der Waals surface area contributed by atoms with Crippen LogP contribution in [0.1, 0.15) is 10.4 Å². The number of nitrogens with one attached hydrogen (secondary N) is 1. The largest absolute Gasteiger partial charge is 0.508 e. The van der Waals surface area contributed by atoms with Gasteiger partial charge in [-0.25, -0.2) is 8.42 Å². The minimum Gasteiger partial charge on any atom is -0.508 e. The molecule has 20 heavy (non-hydrogen) atoms. The van der Waals surface area contributed by atoms with Crippen molar-refractivity contribution in [2.75, 3.05) is 11.6 Å². The Balaban J connectivity index is 2.23. The average molecular weight is 291 g/mol. The monoisotopic (exact) mass is 291 g/mol. The van der Waals surface area contributed by atoms with Gasteiger partial charge in [-0.2, -0.15) is 0 Å². The fourth-order valence-corrected chi connectivity index (χ4v) is 2.28. The molecule has 0 saturated heterocycles. The second-order valence-electron chi connectivity index (χ2n) is 4.30. The van der Waals surface area contributed by atoms with Gasteiger partial charge in [0.15, 0.2) is 9.84 Å². The highest BCUT2D eigenvalue weighted by Gasteiger charge is 2.11. The number of phenols is 1. The van der Waals surface area contributed by atoms with Crippen molar-refractivity contribution in [3.63, 3.8) is 0 Å². The van der Waals surface area contributed by atoms with Gasteiger partial charge < -0.3 is 10.4 Å². The lowest BCUT2D eigenvalue weighted by atomic mass is 10.2. The van der Waals surface area contributed by atoms with Crippen molar-refractivity contribution >= 4 is 21.4 Å². The Bertz CT molecular complexity index is 736. The van der Waals surface area contributed by atoms with Crippen molar-refractivity contribution in [3.8, 4) is 5.75 Å². The second-order valence-corrected chi connectivity index (χ2v) is 6.32. The third kappa shape index (κ3) is 3.36. The highest BCUT2D eigenvalue weighted by Crippen LogP contribution is 2.16. The number of benzene rings is 2. The molecule has 0 aliphatic rings. The Kier molecular flexibility index (Phi) is 3.76. The van der Waals surface area contributed by atoms with Gasteiger partial charge in [-0.05, 0) is 42.5 Å². The summed E-state index contributed by atoms with van der Waals surface area (Å²) in [6.45, 7) is 0. The van der Waals surface area contributed by atoms with Gasteiger partial charge in [0.1, 0.15) is 5.75 Å². The van der Waals surface area contributed by atoms with E-state index in [-0.39, 0.29) is 16.2 Å². The molecule has 104 valence electrons.